The van der Waals surface area contributed by atoms with Crippen LogP contribution < -0.4 is 16.2 Å². The molecule has 3 rings (SSSR count). The molecule has 0 unspecified atom stereocenters. The van der Waals surface area contributed by atoms with Crippen LogP contribution >= 0.6 is 12.4 Å². The van der Waals surface area contributed by atoms with Gasteiger partial charge < -0.3 is 10.6 Å². The molecule has 0 aliphatic carbocycles. The van der Waals surface area contributed by atoms with Crippen molar-refractivity contribution in [1.29, 1.82) is 0 Å². The van der Waals surface area contributed by atoms with E-state index in [1.54, 1.807) is 19.3 Å². The van der Waals surface area contributed by atoms with Crippen LogP contribution in [-0.2, 0) is 7.05 Å². The number of nitrogens with one attached hydrogen (secondary N) is 2. The van der Waals surface area contributed by atoms with E-state index in [4.69, 9.17) is 0 Å². The van der Waals surface area contributed by atoms with Crippen molar-refractivity contribution in [2.75, 3.05) is 10.6 Å². The van der Waals surface area contributed by atoms with Gasteiger partial charge in [-0.05, 0) is 32.0 Å². The summed E-state index contributed by atoms with van der Waals surface area (Å²) in [7, 11) is 1.57. The molecule has 0 spiro atoms. The highest BCUT2D eigenvalue weighted by Gasteiger charge is 2.12. The van der Waals surface area contributed by atoms with Crippen molar-refractivity contribution in [3.63, 3.8) is 0 Å². The van der Waals surface area contributed by atoms with Crippen molar-refractivity contribution in [3.8, 4) is 0 Å². The normalized spacial score (nSPS) is 10.7. The third-order valence-electron chi connectivity index (χ3n) is 3.57. The fraction of sp³-hybridized carbons (Fsp3) is 0.235. The Morgan fingerprint density at radius 1 is 1.15 bits per heavy atom. The Labute approximate surface area is 154 Å². The standard InChI is InChI=1S/C17H17F2N5O.ClH/c1-9(2)21-17-20-8-10-6-14(16(25)24(3)15(10)23-17)22-13-5-4-11(18)7-12(13)19;/h4-9,22H,1-3H3,(H,20,21,23);1H. The highest BCUT2D eigenvalue weighted by molar-refractivity contribution is 5.85. The van der Waals surface area contributed by atoms with Crippen LogP contribution in [0.3, 0.4) is 0 Å². The molecule has 0 fully saturated rings. The highest BCUT2D eigenvalue weighted by Crippen LogP contribution is 2.21. The molecule has 0 bridgehead atoms. The van der Waals surface area contributed by atoms with E-state index >= 15 is 0 Å². The number of nitrogens with zero attached hydrogens (tertiary/aromatic N) is 3. The van der Waals surface area contributed by atoms with Crippen LogP contribution in [0.4, 0.5) is 26.1 Å². The van der Waals surface area contributed by atoms with Crippen LogP contribution in [0.5, 0.6) is 0 Å². The maximum absolute atomic E-state index is 13.8. The quantitative estimate of drug-likeness (QED) is 0.722. The molecule has 0 atom stereocenters. The molecule has 1 aromatic carbocycles. The number of aromatic nitrogens is 3. The van der Waals surface area contributed by atoms with Crippen molar-refractivity contribution in [1.82, 2.24) is 14.5 Å². The lowest BCUT2D eigenvalue weighted by Gasteiger charge is -2.12. The van der Waals surface area contributed by atoms with Gasteiger partial charge in [-0.2, -0.15) is 4.98 Å². The van der Waals surface area contributed by atoms with Crippen LogP contribution in [0.25, 0.3) is 11.0 Å². The summed E-state index contributed by atoms with van der Waals surface area (Å²) in [5.41, 5.74) is 0.226. The predicted molar refractivity (Wildman–Crippen MR) is 100 cm³/mol. The van der Waals surface area contributed by atoms with Crippen LogP contribution in [0.2, 0.25) is 0 Å². The van der Waals surface area contributed by atoms with Gasteiger partial charge in [-0.15, -0.1) is 12.4 Å². The summed E-state index contributed by atoms with van der Waals surface area (Å²) in [5, 5.41) is 6.39. The second-order valence-electron chi connectivity index (χ2n) is 5.94. The lowest BCUT2D eigenvalue weighted by atomic mass is 10.2. The van der Waals surface area contributed by atoms with Gasteiger partial charge in [0.15, 0.2) is 0 Å². The molecule has 0 aliphatic rings. The first-order valence-electron chi connectivity index (χ1n) is 7.70. The first-order chi connectivity index (χ1) is 11.8. The summed E-state index contributed by atoms with van der Waals surface area (Å²) in [6, 6.07) is 4.79. The van der Waals surface area contributed by atoms with Gasteiger partial charge in [-0.1, -0.05) is 0 Å². The number of anilines is 3. The Kier molecular flexibility index (Phi) is 5.76. The molecular weight excluding hydrogens is 364 g/mol. The van der Waals surface area contributed by atoms with Crippen LogP contribution in [0.15, 0.2) is 35.3 Å². The molecule has 0 radical (unpaired) electrons. The second kappa shape index (κ2) is 7.65. The van der Waals surface area contributed by atoms with Crippen LogP contribution in [0.1, 0.15) is 13.8 Å². The summed E-state index contributed by atoms with van der Waals surface area (Å²) >= 11 is 0. The number of halogens is 3. The van der Waals surface area contributed by atoms with Crippen molar-refractivity contribution >= 4 is 40.8 Å². The largest absolute Gasteiger partial charge is 0.352 e. The maximum Gasteiger partial charge on any atom is 0.275 e. The molecule has 2 heterocycles. The first-order valence-corrected chi connectivity index (χ1v) is 7.70. The molecule has 138 valence electrons. The summed E-state index contributed by atoms with van der Waals surface area (Å²) in [5.74, 6) is -1.05. The topological polar surface area (TPSA) is 71.8 Å². The number of benzene rings is 1. The van der Waals surface area contributed by atoms with Gasteiger partial charge >= 0.3 is 0 Å². The molecule has 3 aromatic rings. The van der Waals surface area contributed by atoms with E-state index in [1.807, 2.05) is 13.8 Å². The van der Waals surface area contributed by atoms with E-state index in [0.29, 0.717) is 17.0 Å². The molecule has 26 heavy (non-hydrogen) atoms. The minimum Gasteiger partial charge on any atom is -0.352 e. The smallest absolute Gasteiger partial charge is 0.275 e. The number of hydrogen-bond acceptors (Lipinski definition) is 5. The van der Waals surface area contributed by atoms with Crippen molar-refractivity contribution in [2.45, 2.75) is 19.9 Å². The molecule has 2 aromatic heterocycles. The lowest BCUT2D eigenvalue weighted by molar-refractivity contribution is 0.586. The summed E-state index contributed by atoms with van der Waals surface area (Å²) in [4.78, 5) is 21.1. The van der Waals surface area contributed by atoms with Crippen molar-refractivity contribution < 1.29 is 8.78 Å². The average Bonchev–Trinajstić information content (AvgIpc) is 2.55. The third kappa shape index (κ3) is 3.91. The van der Waals surface area contributed by atoms with Crippen molar-refractivity contribution in [2.24, 2.45) is 7.05 Å². The Morgan fingerprint density at radius 2 is 1.88 bits per heavy atom. The van der Waals surface area contributed by atoms with Gasteiger partial charge in [0, 0.05) is 30.7 Å². The Hall–Kier alpha value is -2.74. The Morgan fingerprint density at radius 3 is 2.54 bits per heavy atom. The molecule has 9 heteroatoms. The molecule has 0 saturated heterocycles. The molecule has 6 nitrogen and oxygen atoms in total. The van der Waals surface area contributed by atoms with E-state index < -0.39 is 11.6 Å². The third-order valence-corrected chi connectivity index (χ3v) is 3.57. The van der Waals surface area contributed by atoms with E-state index in [1.165, 1.54) is 10.6 Å². The number of aryl methyl sites for hydroxylation is 1. The fourth-order valence-corrected chi connectivity index (χ4v) is 2.40. The van der Waals surface area contributed by atoms with Gasteiger partial charge in [0.05, 0.1) is 5.69 Å². The van der Waals surface area contributed by atoms with Crippen molar-refractivity contribution in [3.05, 3.63) is 52.5 Å². The Bertz CT molecular complexity index is 1010. The zero-order valence-corrected chi connectivity index (χ0v) is 15.2. The zero-order chi connectivity index (χ0) is 18.1. The average molecular weight is 382 g/mol. The lowest BCUT2D eigenvalue weighted by Crippen LogP contribution is -2.22. The molecule has 0 amide bonds. The van der Waals surface area contributed by atoms with Gasteiger partial charge in [0.25, 0.3) is 5.56 Å². The Balaban J connectivity index is 0.00000243. The van der Waals surface area contributed by atoms with Crippen LogP contribution in [0, 0.1) is 11.6 Å². The summed E-state index contributed by atoms with van der Waals surface area (Å²) in [6.07, 6.45) is 1.58. The zero-order valence-electron chi connectivity index (χ0n) is 14.4. The first kappa shape index (κ1) is 19.6. The second-order valence-corrected chi connectivity index (χ2v) is 5.94. The minimum absolute atomic E-state index is 0. The summed E-state index contributed by atoms with van der Waals surface area (Å²) < 4.78 is 28.2. The fourth-order valence-electron chi connectivity index (χ4n) is 2.40. The van der Waals surface area contributed by atoms with E-state index in [2.05, 4.69) is 20.6 Å². The molecule has 0 aliphatic heterocycles. The number of hydrogen-bond donors (Lipinski definition) is 2. The minimum atomic E-state index is -0.783. The van der Waals surface area contributed by atoms with Gasteiger partial charge in [0.1, 0.15) is 23.0 Å². The molecule has 0 saturated carbocycles. The highest BCUT2D eigenvalue weighted by atomic mass is 35.5. The van der Waals surface area contributed by atoms with E-state index in [9.17, 15) is 13.6 Å². The SMILES string of the molecule is CC(C)Nc1ncc2cc(Nc3ccc(F)cc3F)c(=O)n(C)c2n1.Cl. The summed E-state index contributed by atoms with van der Waals surface area (Å²) in [6.45, 7) is 3.91. The molecular formula is C17H18ClF2N5O. The van der Waals surface area contributed by atoms with Gasteiger partial charge in [-0.3, -0.25) is 9.36 Å². The van der Waals surface area contributed by atoms with E-state index in [-0.39, 0.29) is 35.4 Å². The number of fused-ring (bicyclic) bond motifs is 1. The predicted octanol–water partition coefficient (Wildman–Crippen LogP) is 3.59. The van der Waals surface area contributed by atoms with Gasteiger partial charge in [0.2, 0.25) is 5.95 Å². The monoisotopic (exact) mass is 381 g/mol. The number of rotatable bonds is 4. The van der Waals surface area contributed by atoms with Gasteiger partial charge in [-0.25, -0.2) is 13.8 Å². The van der Waals surface area contributed by atoms with E-state index in [0.717, 1.165) is 12.1 Å². The maximum atomic E-state index is 13.8. The number of pyridine rings is 1. The van der Waals surface area contributed by atoms with Crippen LogP contribution in [-0.4, -0.2) is 20.6 Å². The molecule has 2 N–H and O–H groups in total.